The minimum Gasteiger partial charge on any atom is -0.497 e. The van der Waals surface area contributed by atoms with Crippen LogP contribution in [-0.2, 0) is 11.2 Å². The molecule has 2 aromatic rings. The molecule has 3 nitrogen and oxygen atoms in total. The molecule has 0 saturated heterocycles. The Morgan fingerprint density at radius 2 is 2.00 bits per heavy atom. The van der Waals surface area contributed by atoms with Crippen molar-refractivity contribution in [2.75, 3.05) is 13.0 Å². The zero-order chi connectivity index (χ0) is 17.3. The third-order valence-electron chi connectivity index (χ3n) is 4.50. The van der Waals surface area contributed by atoms with Gasteiger partial charge in [0.05, 0.1) is 13.2 Å². The number of carbonyl (C=O) groups excluding carboxylic acids is 1. The van der Waals surface area contributed by atoms with Gasteiger partial charge in [-0.25, -0.2) is 4.39 Å². The maximum atomic E-state index is 13.3. The van der Waals surface area contributed by atoms with Crippen LogP contribution in [0.3, 0.4) is 0 Å². The molecule has 0 radical (unpaired) electrons. The van der Waals surface area contributed by atoms with Crippen LogP contribution in [0, 0.1) is 5.82 Å². The minimum atomic E-state index is -0.298. The van der Waals surface area contributed by atoms with E-state index in [1.807, 2.05) is 25.1 Å². The van der Waals surface area contributed by atoms with E-state index in [0.717, 1.165) is 28.9 Å². The van der Waals surface area contributed by atoms with Gasteiger partial charge in [-0.1, -0.05) is 18.2 Å². The van der Waals surface area contributed by atoms with Gasteiger partial charge in [0, 0.05) is 6.04 Å². The van der Waals surface area contributed by atoms with Crippen LogP contribution in [0.25, 0.3) is 0 Å². The molecule has 0 spiro atoms. The first-order valence-electron chi connectivity index (χ1n) is 7.84. The quantitative estimate of drug-likeness (QED) is 0.787. The fourth-order valence-corrected chi connectivity index (χ4v) is 3.56. The smallest absolute Gasteiger partial charge is 0.238 e. The predicted molar refractivity (Wildman–Crippen MR) is 92.0 cm³/mol. The summed E-state index contributed by atoms with van der Waals surface area (Å²) in [5.41, 5.74) is 3.03. The summed E-state index contributed by atoms with van der Waals surface area (Å²) in [4.78, 5) is 14.3. The van der Waals surface area contributed by atoms with Crippen LogP contribution in [0.1, 0.15) is 29.7 Å². The monoisotopic (exact) mass is 347 g/mol. The number of benzene rings is 2. The van der Waals surface area contributed by atoms with Crippen molar-refractivity contribution in [1.29, 1.82) is 0 Å². The first kappa shape index (κ1) is 16.8. The number of alkyl halides is 1. The maximum Gasteiger partial charge on any atom is 0.238 e. The van der Waals surface area contributed by atoms with Gasteiger partial charge in [-0.15, -0.1) is 11.6 Å². The molecule has 0 saturated carbocycles. The highest BCUT2D eigenvalue weighted by molar-refractivity contribution is 6.27. The molecule has 0 bridgehead atoms. The van der Waals surface area contributed by atoms with Gasteiger partial charge in [-0.3, -0.25) is 4.79 Å². The topological polar surface area (TPSA) is 29.5 Å². The summed E-state index contributed by atoms with van der Waals surface area (Å²) in [5, 5.41) is 0. The summed E-state index contributed by atoms with van der Waals surface area (Å²) >= 11 is 5.83. The predicted octanol–water partition coefficient (Wildman–Crippen LogP) is 3.94. The molecule has 2 aromatic carbocycles. The van der Waals surface area contributed by atoms with Crippen LogP contribution >= 0.6 is 11.6 Å². The standard InChI is InChI=1S/C19H19ClFNO2/c1-12-9-14-10-16(24-2)7-8-17(14)19(22(12)18(23)11-20)13-3-5-15(21)6-4-13/h3-8,10,12,19H,9,11H2,1-2H3/t12-,19-/m0/s1. The van der Waals surface area contributed by atoms with Gasteiger partial charge >= 0.3 is 0 Å². The summed E-state index contributed by atoms with van der Waals surface area (Å²) in [6.07, 6.45) is 0.729. The number of hydrogen-bond donors (Lipinski definition) is 0. The number of ether oxygens (including phenoxy) is 1. The van der Waals surface area contributed by atoms with E-state index in [1.54, 1.807) is 24.1 Å². The minimum absolute atomic E-state index is 0.00842. The Balaban J connectivity index is 2.15. The zero-order valence-corrected chi connectivity index (χ0v) is 14.4. The Bertz CT molecular complexity index is 748. The molecule has 3 rings (SSSR count). The third-order valence-corrected chi connectivity index (χ3v) is 4.73. The first-order valence-corrected chi connectivity index (χ1v) is 8.38. The number of fused-ring (bicyclic) bond motifs is 1. The molecule has 0 N–H and O–H groups in total. The largest absolute Gasteiger partial charge is 0.497 e. The molecule has 5 heteroatoms. The van der Waals surface area contributed by atoms with Crippen LogP contribution in [0.2, 0.25) is 0 Å². The fourth-order valence-electron chi connectivity index (χ4n) is 3.42. The Labute approximate surface area is 146 Å². The molecule has 24 heavy (non-hydrogen) atoms. The normalized spacial score (nSPS) is 19.8. The second-order valence-electron chi connectivity index (χ2n) is 6.01. The van der Waals surface area contributed by atoms with Crippen molar-refractivity contribution in [2.24, 2.45) is 0 Å². The number of amides is 1. The lowest BCUT2D eigenvalue weighted by molar-refractivity contribution is -0.132. The molecular weight excluding hydrogens is 329 g/mol. The molecule has 0 aliphatic carbocycles. The second kappa shape index (κ2) is 6.81. The molecule has 1 aliphatic rings. The molecular formula is C19H19ClFNO2. The summed E-state index contributed by atoms with van der Waals surface area (Å²) in [6, 6.07) is 11.9. The molecule has 1 aliphatic heterocycles. The summed E-state index contributed by atoms with van der Waals surface area (Å²) in [6.45, 7) is 2.00. The van der Waals surface area contributed by atoms with Crippen molar-refractivity contribution in [3.8, 4) is 5.75 Å². The highest BCUT2D eigenvalue weighted by atomic mass is 35.5. The highest BCUT2D eigenvalue weighted by Crippen LogP contribution is 2.39. The van der Waals surface area contributed by atoms with Crippen molar-refractivity contribution in [3.63, 3.8) is 0 Å². The van der Waals surface area contributed by atoms with Crippen molar-refractivity contribution in [2.45, 2.75) is 25.4 Å². The number of rotatable bonds is 3. The van der Waals surface area contributed by atoms with E-state index in [4.69, 9.17) is 16.3 Å². The lowest BCUT2D eigenvalue weighted by atomic mass is 9.85. The van der Waals surface area contributed by atoms with E-state index < -0.39 is 0 Å². The van der Waals surface area contributed by atoms with Gasteiger partial charge < -0.3 is 9.64 Å². The highest BCUT2D eigenvalue weighted by Gasteiger charge is 2.36. The van der Waals surface area contributed by atoms with Crippen LogP contribution in [-0.4, -0.2) is 29.8 Å². The average Bonchev–Trinajstić information content (AvgIpc) is 2.60. The van der Waals surface area contributed by atoms with Crippen LogP contribution in [0.5, 0.6) is 5.75 Å². The van der Waals surface area contributed by atoms with E-state index in [-0.39, 0.29) is 29.7 Å². The number of methoxy groups -OCH3 is 1. The Morgan fingerprint density at radius 1 is 1.29 bits per heavy atom. The van der Waals surface area contributed by atoms with Gasteiger partial charge in [0.25, 0.3) is 0 Å². The van der Waals surface area contributed by atoms with E-state index in [9.17, 15) is 9.18 Å². The van der Waals surface area contributed by atoms with Gasteiger partial charge in [-0.05, 0) is 54.3 Å². The third kappa shape index (κ3) is 2.98. The molecule has 2 atom stereocenters. The van der Waals surface area contributed by atoms with Crippen molar-refractivity contribution in [1.82, 2.24) is 4.90 Å². The van der Waals surface area contributed by atoms with E-state index >= 15 is 0 Å². The van der Waals surface area contributed by atoms with Crippen molar-refractivity contribution in [3.05, 3.63) is 65.0 Å². The number of nitrogens with zero attached hydrogens (tertiary/aromatic N) is 1. The van der Waals surface area contributed by atoms with Crippen molar-refractivity contribution >= 4 is 17.5 Å². The first-order chi connectivity index (χ1) is 11.5. The lowest BCUT2D eigenvalue weighted by Gasteiger charge is -2.42. The van der Waals surface area contributed by atoms with Gasteiger partial charge in [0.2, 0.25) is 5.91 Å². The maximum absolute atomic E-state index is 13.3. The Hall–Kier alpha value is -2.07. The summed E-state index contributed by atoms with van der Waals surface area (Å²) in [5.74, 6) is 0.289. The lowest BCUT2D eigenvalue weighted by Crippen LogP contribution is -2.47. The SMILES string of the molecule is COc1ccc2c(c1)C[C@H](C)N(C(=O)CCl)[C@H]2c1ccc(F)cc1. The van der Waals surface area contributed by atoms with Crippen LogP contribution in [0.4, 0.5) is 4.39 Å². The van der Waals surface area contributed by atoms with E-state index in [1.165, 1.54) is 12.1 Å². The molecule has 1 amide bonds. The Kier molecular flexibility index (Phi) is 4.76. The summed E-state index contributed by atoms with van der Waals surface area (Å²) in [7, 11) is 1.63. The second-order valence-corrected chi connectivity index (χ2v) is 6.27. The van der Waals surface area contributed by atoms with Gasteiger partial charge in [-0.2, -0.15) is 0 Å². The van der Waals surface area contributed by atoms with Gasteiger partial charge in [0.1, 0.15) is 17.4 Å². The number of hydrogen-bond acceptors (Lipinski definition) is 2. The summed E-state index contributed by atoms with van der Waals surface area (Å²) < 4.78 is 18.6. The zero-order valence-electron chi connectivity index (χ0n) is 13.6. The molecule has 126 valence electrons. The Morgan fingerprint density at radius 3 is 2.62 bits per heavy atom. The number of carbonyl (C=O) groups is 1. The van der Waals surface area contributed by atoms with Gasteiger partial charge in [0.15, 0.2) is 0 Å². The molecule has 1 heterocycles. The average molecular weight is 348 g/mol. The molecule has 0 aromatic heterocycles. The number of halogens is 2. The van der Waals surface area contributed by atoms with Crippen molar-refractivity contribution < 1.29 is 13.9 Å². The molecule has 0 fully saturated rings. The van der Waals surface area contributed by atoms with E-state index in [2.05, 4.69) is 0 Å². The van der Waals surface area contributed by atoms with Crippen LogP contribution in [0.15, 0.2) is 42.5 Å². The fraction of sp³-hybridized carbons (Fsp3) is 0.316. The van der Waals surface area contributed by atoms with Crippen LogP contribution < -0.4 is 4.74 Å². The van der Waals surface area contributed by atoms with E-state index in [0.29, 0.717) is 0 Å². The molecule has 0 unspecified atom stereocenters.